The van der Waals surface area contributed by atoms with E-state index in [9.17, 15) is 24.5 Å². The second-order valence-corrected chi connectivity index (χ2v) is 4.15. The number of hydrogen-bond acceptors (Lipinski definition) is 5. The first-order chi connectivity index (χ1) is 9.82. The summed E-state index contributed by atoms with van der Waals surface area (Å²) in [5.74, 6) is -2.89. The Bertz CT molecular complexity index is 604. The van der Waals surface area contributed by atoms with E-state index in [4.69, 9.17) is 16.7 Å². The van der Waals surface area contributed by atoms with E-state index in [0.29, 0.717) is 0 Å². The summed E-state index contributed by atoms with van der Waals surface area (Å²) >= 11 is 5.74. The van der Waals surface area contributed by atoms with Crippen molar-refractivity contribution in [2.75, 3.05) is 13.1 Å². The monoisotopic (exact) mass is 315 g/mol. The maximum absolute atomic E-state index is 11.8. The molecular formula is C11H10ClN3O6. The van der Waals surface area contributed by atoms with Crippen molar-refractivity contribution in [1.29, 1.82) is 0 Å². The Morgan fingerprint density at radius 3 is 2.48 bits per heavy atom. The second kappa shape index (κ2) is 7.20. The van der Waals surface area contributed by atoms with Gasteiger partial charge >= 0.3 is 5.97 Å². The predicted molar refractivity (Wildman–Crippen MR) is 71.1 cm³/mol. The van der Waals surface area contributed by atoms with Crippen LogP contribution in [0.3, 0.4) is 0 Å². The van der Waals surface area contributed by atoms with Crippen molar-refractivity contribution in [3.05, 3.63) is 38.9 Å². The van der Waals surface area contributed by atoms with Crippen molar-refractivity contribution in [1.82, 2.24) is 10.6 Å². The molecular weight excluding hydrogens is 306 g/mol. The van der Waals surface area contributed by atoms with Crippen molar-refractivity contribution in [2.45, 2.75) is 0 Å². The van der Waals surface area contributed by atoms with Crippen LogP contribution in [0.5, 0.6) is 0 Å². The van der Waals surface area contributed by atoms with Gasteiger partial charge in [-0.1, -0.05) is 17.7 Å². The van der Waals surface area contributed by atoms with Gasteiger partial charge in [0.1, 0.15) is 12.1 Å². The standard InChI is InChI=1S/C11H10ClN3O6/c12-6-2-1-3-7(15(20)21)10(6)11(19)14-4-8(16)13-5-9(17)18/h1-3H,4-5H2,(H,13,16)(H,14,19)(H,17,18). The molecule has 0 unspecified atom stereocenters. The van der Waals surface area contributed by atoms with Crippen LogP contribution in [0.1, 0.15) is 10.4 Å². The van der Waals surface area contributed by atoms with E-state index in [1.54, 1.807) is 0 Å². The number of nitrogens with zero attached hydrogens (tertiary/aromatic N) is 1. The molecule has 0 heterocycles. The third-order valence-electron chi connectivity index (χ3n) is 2.26. The first kappa shape index (κ1) is 16.4. The number of benzene rings is 1. The number of carboxylic acid groups (broad SMARTS) is 1. The van der Waals surface area contributed by atoms with Crippen molar-refractivity contribution in [2.24, 2.45) is 0 Å². The molecule has 10 heteroatoms. The van der Waals surface area contributed by atoms with E-state index in [2.05, 4.69) is 5.32 Å². The number of hydrogen-bond donors (Lipinski definition) is 3. The Balaban J connectivity index is 2.75. The summed E-state index contributed by atoms with van der Waals surface area (Å²) in [7, 11) is 0. The fourth-order valence-electron chi connectivity index (χ4n) is 1.38. The van der Waals surface area contributed by atoms with E-state index < -0.39 is 41.5 Å². The first-order valence-corrected chi connectivity index (χ1v) is 5.90. The van der Waals surface area contributed by atoms with Gasteiger partial charge in [0.2, 0.25) is 5.91 Å². The molecule has 9 nitrogen and oxygen atoms in total. The van der Waals surface area contributed by atoms with Crippen LogP contribution >= 0.6 is 11.6 Å². The number of nitro benzene ring substituents is 1. The molecule has 3 N–H and O–H groups in total. The van der Waals surface area contributed by atoms with Crippen LogP contribution in [-0.2, 0) is 9.59 Å². The van der Waals surface area contributed by atoms with Gasteiger partial charge in [0.15, 0.2) is 0 Å². The van der Waals surface area contributed by atoms with E-state index >= 15 is 0 Å². The van der Waals surface area contributed by atoms with Crippen LogP contribution in [-0.4, -0.2) is 40.9 Å². The molecule has 21 heavy (non-hydrogen) atoms. The van der Waals surface area contributed by atoms with Gasteiger partial charge in [0, 0.05) is 6.07 Å². The lowest BCUT2D eigenvalue weighted by molar-refractivity contribution is -0.385. The normalized spacial score (nSPS) is 9.76. The van der Waals surface area contributed by atoms with Crippen molar-refractivity contribution >= 4 is 35.1 Å². The second-order valence-electron chi connectivity index (χ2n) is 3.74. The highest BCUT2D eigenvalue weighted by atomic mass is 35.5. The average molecular weight is 316 g/mol. The zero-order valence-electron chi connectivity index (χ0n) is 10.5. The molecule has 0 aromatic heterocycles. The quantitative estimate of drug-likeness (QED) is 0.505. The lowest BCUT2D eigenvalue weighted by Gasteiger charge is -2.07. The molecule has 1 aromatic rings. The summed E-state index contributed by atoms with van der Waals surface area (Å²) in [4.78, 5) is 43.3. The number of aliphatic carboxylic acids is 1. The third kappa shape index (κ3) is 4.73. The minimum atomic E-state index is -1.24. The van der Waals surface area contributed by atoms with Crippen LogP contribution < -0.4 is 10.6 Å². The maximum atomic E-state index is 11.8. The van der Waals surface area contributed by atoms with Crippen LogP contribution in [0.15, 0.2) is 18.2 Å². The van der Waals surface area contributed by atoms with E-state index in [-0.39, 0.29) is 10.6 Å². The van der Waals surface area contributed by atoms with E-state index in [0.717, 1.165) is 6.07 Å². The highest BCUT2D eigenvalue weighted by Crippen LogP contribution is 2.25. The number of nitro groups is 1. The molecule has 0 aliphatic carbocycles. The molecule has 0 bridgehead atoms. The zero-order valence-corrected chi connectivity index (χ0v) is 11.2. The molecule has 0 saturated carbocycles. The fraction of sp³-hybridized carbons (Fsp3) is 0.182. The van der Waals surface area contributed by atoms with E-state index in [1.165, 1.54) is 12.1 Å². The maximum Gasteiger partial charge on any atom is 0.322 e. The minimum absolute atomic E-state index is 0.132. The minimum Gasteiger partial charge on any atom is -0.480 e. The van der Waals surface area contributed by atoms with Crippen LogP contribution in [0, 0.1) is 10.1 Å². The van der Waals surface area contributed by atoms with Crippen LogP contribution in [0.25, 0.3) is 0 Å². The Hall–Kier alpha value is -2.68. The molecule has 2 amide bonds. The molecule has 0 spiro atoms. The Kier molecular flexibility index (Phi) is 5.61. The van der Waals surface area contributed by atoms with Gasteiger partial charge in [0.05, 0.1) is 16.5 Å². The highest BCUT2D eigenvalue weighted by Gasteiger charge is 2.23. The van der Waals surface area contributed by atoms with Crippen molar-refractivity contribution in [3.8, 4) is 0 Å². The van der Waals surface area contributed by atoms with Gasteiger partial charge in [-0.2, -0.15) is 0 Å². The number of rotatable bonds is 6. The first-order valence-electron chi connectivity index (χ1n) is 5.52. The number of carbonyl (C=O) groups excluding carboxylic acids is 2. The summed E-state index contributed by atoms with van der Waals surface area (Å²) in [6, 6.07) is 3.72. The number of carboxylic acids is 1. The molecule has 0 radical (unpaired) electrons. The lowest BCUT2D eigenvalue weighted by Crippen LogP contribution is -2.39. The number of amides is 2. The number of halogens is 1. The molecule has 1 rings (SSSR count). The van der Waals surface area contributed by atoms with Gasteiger partial charge in [-0.25, -0.2) is 0 Å². The van der Waals surface area contributed by atoms with Gasteiger partial charge in [-0.15, -0.1) is 0 Å². The topological polar surface area (TPSA) is 139 Å². The highest BCUT2D eigenvalue weighted by molar-refractivity contribution is 6.34. The summed E-state index contributed by atoms with van der Waals surface area (Å²) in [6.07, 6.45) is 0. The molecule has 112 valence electrons. The molecule has 0 fully saturated rings. The lowest BCUT2D eigenvalue weighted by atomic mass is 10.1. The largest absolute Gasteiger partial charge is 0.480 e. The Morgan fingerprint density at radius 2 is 1.90 bits per heavy atom. The van der Waals surface area contributed by atoms with Gasteiger partial charge in [-0.05, 0) is 6.07 Å². The Morgan fingerprint density at radius 1 is 1.24 bits per heavy atom. The molecule has 0 atom stereocenters. The fourth-order valence-corrected chi connectivity index (χ4v) is 1.63. The SMILES string of the molecule is O=C(O)CNC(=O)CNC(=O)c1c(Cl)cccc1[N+](=O)[O-]. The predicted octanol–water partition coefficient (Wildman–Crippen LogP) is 0.179. The summed E-state index contributed by atoms with van der Waals surface area (Å²) in [5, 5.41) is 23.2. The van der Waals surface area contributed by atoms with Crippen molar-refractivity contribution < 1.29 is 24.4 Å². The summed E-state index contributed by atoms with van der Waals surface area (Å²) < 4.78 is 0. The summed E-state index contributed by atoms with van der Waals surface area (Å²) in [6.45, 7) is -1.13. The van der Waals surface area contributed by atoms with Crippen LogP contribution in [0.4, 0.5) is 5.69 Å². The molecule has 0 saturated heterocycles. The third-order valence-corrected chi connectivity index (χ3v) is 2.58. The smallest absolute Gasteiger partial charge is 0.322 e. The summed E-state index contributed by atoms with van der Waals surface area (Å²) in [5.41, 5.74) is -0.860. The van der Waals surface area contributed by atoms with E-state index in [1.807, 2.05) is 5.32 Å². The molecule has 1 aromatic carbocycles. The zero-order chi connectivity index (χ0) is 16.0. The number of carbonyl (C=O) groups is 3. The van der Waals surface area contributed by atoms with Gasteiger partial charge in [-0.3, -0.25) is 24.5 Å². The Labute approximate surface area is 123 Å². The van der Waals surface area contributed by atoms with Gasteiger partial charge in [0.25, 0.3) is 11.6 Å². The van der Waals surface area contributed by atoms with Gasteiger partial charge < -0.3 is 15.7 Å². The van der Waals surface area contributed by atoms with Crippen molar-refractivity contribution in [3.63, 3.8) is 0 Å². The number of nitrogens with one attached hydrogen (secondary N) is 2. The van der Waals surface area contributed by atoms with Crippen LogP contribution in [0.2, 0.25) is 5.02 Å². The molecule has 0 aliphatic rings. The average Bonchev–Trinajstić information content (AvgIpc) is 2.42. The molecule has 0 aliphatic heterocycles.